The summed E-state index contributed by atoms with van der Waals surface area (Å²) in [6.07, 6.45) is 3.73. The van der Waals surface area contributed by atoms with E-state index in [1.165, 1.54) is 6.07 Å². The van der Waals surface area contributed by atoms with Crippen molar-refractivity contribution in [1.29, 1.82) is 0 Å². The molecule has 0 saturated heterocycles. The Labute approximate surface area is 170 Å². The number of halogens is 1. The summed E-state index contributed by atoms with van der Waals surface area (Å²) in [4.78, 5) is 2.35. The van der Waals surface area contributed by atoms with Crippen LogP contribution in [0.15, 0.2) is 77.5 Å². The maximum atomic E-state index is 13.5. The van der Waals surface area contributed by atoms with E-state index in [4.69, 9.17) is 9.52 Å². The lowest BCUT2D eigenvalue weighted by molar-refractivity contribution is 0.296. The molecule has 0 aliphatic rings. The van der Waals surface area contributed by atoms with Crippen molar-refractivity contribution in [3.8, 4) is 28.3 Å². The van der Waals surface area contributed by atoms with E-state index in [0.29, 0.717) is 0 Å². The highest BCUT2D eigenvalue weighted by atomic mass is 19.1. The topological polar surface area (TPSA) is 34.2 Å². The van der Waals surface area contributed by atoms with Crippen LogP contribution in [0.4, 0.5) is 4.39 Å². The Morgan fingerprint density at radius 3 is 2.41 bits per heavy atom. The first-order chi connectivity index (χ1) is 14.2. The number of benzene rings is 2. The second-order valence-corrected chi connectivity index (χ2v) is 6.94. The molecule has 2 aromatic heterocycles. The van der Waals surface area contributed by atoms with Crippen molar-refractivity contribution >= 4 is 0 Å². The number of aromatic nitrogens is 2. The zero-order valence-electron chi connectivity index (χ0n) is 16.7. The fourth-order valence-corrected chi connectivity index (χ4v) is 3.44. The second kappa shape index (κ2) is 8.45. The van der Waals surface area contributed by atoms with Gasteiger partial charge in [0.15, 0.2) is 5.76 Å². The molecule has 0 bridgehead atoms. The van der Waals surface area contributed by atoms with Crippen molar-refractivity contribution in [3.05, 3.63) is 84.5 Å². The van der Waals surface area contributed by atoms with Crippen molar-refractivity contribution < 1.29 is 8.81 Å². The fraction of sp³-hybridized carbons (Fsp3) is 0.208. The summed E-state index contributed by atoms with van der Waals surface area (Å²) in [6.45, 7) is 7.07. The summed E-state index contributed by atoms with van der Waals surface area (Å²) in [5.41, 5.74) is 4.75. The SMILES string of the molecule is CCN(CC)Cc1cn(-c2ccc(-c3cccc(F)c3)cc2)nc1-c1ccco1. The van der Waals surface area contributed by atoms with Gasteiger partial charge in [0.25, 0.3) is 0 Å². The second-order valence-electron chi connectivity index (χ2n) is 6.94. The molecular weight excluding hydrogens is 365 g/mol. The van der Waals surface area contributed by atoms with Gasteiger partial charge in [-0.05, 0) is 60.6 Å². The number of nitrogens with zero attached hydrogens (tertiary/aromatic N) is 3. The van der Waals surface area contributed by atoms with Crippen LogP contribution in [-0.4, -0.2) is 27.8 Å². The lowest BCUT2D eigenvalue weighted by atomic mass is 10.1. The smallest absolute Gasteiger partial charge is 0.154 e. The van der Waals surface area contributed by atoms with Gasteiger partial charge >= 0.3 is 0 Å². The van der Waals surface area contributed by atoms with Crippen molar-refractivity contribution in [3.63, 3.8) is 0 Å². The lowest BCUT2D eigenvalue weighted by Crippen LogP contribution is -2.22. The Balaban J connectivity index is 1.67. The molecule has 2 aromatic carbocycles. The molecule has 4 rings (SSSR count). The van der Waals surface area contributed by atoms with E-state index in [1.54, 1.807) is 18.4 Å². The first kappa shape index (κ1) is 19.2. The van der Waals surface area contributed by atoms with Gasteiger partial charge in [-0.25, -0.2) is 9.07 Å². The maximum Gasteiger partial charge on any atom is 0.154 e. The van der Waals surface area contributed by atoms with Gasteiger partial charge in [0.05, 0.1) is 12.0 Å². The van der Waals surface area contributed by atoms with Gasteiger partial charge in [-0.3, -0.25) is 4.90 Å². The molecule has 4 nitrogen and oxygen atoms in total. The van der Waals surface area contributed by atoms with Crippen LogP contribution in [0, 0.1) is 5.82 Å². The summed E-state index contributed by atoms with van der Waals surface area (Å²) < 4.78 is 21.0. The van der Waals surface area contributed by atoms with Crippen LogP contribution < -0.4 is 0 Å². The largest absolute Gasteiger partial charge is 0.463 e. The summed E-state index contributed by atoms with van der Waals surface area (Å²) in [5, 5.41) is 4.80. The minimum absolute atomic E-state index is 0.234. The predicted octanol–water partition coefficient (Wildman–Crippen LogP) is 5.78. The maximum absolute atomic E-state index is 13.5. The van der Waals surface area contributed by atoms with E-state index in [1.807, 2.05) is 47.1 Å². The minimum Gasteiger partial charge on any atom is -0.463 e. The highest BCUT2D eigenvalue weighted by molar-refractivity contribution is 5.65. The third-order valence-corrected chi connectivity index (χ3v) is 5.12. The van der Waals surface area contributed by atoms with Gasteiger partial charge in [-0.2, -0.15) is 5.10 Å². The summed E-state index contributed by atoms with van der Waals surface area (Å²) in [5.74, 6) is 0.532. The molecule has 0 saturated carbocycles. The molecule has 2 heterocycles. The van der Waals surface area contributed by atoms with Crippen LogP contribution in [0.2, 0.25) is 0 Å². The Morgan fingerprint density at radius 2 is 1.76 bits per heavy atom. The van der Waals surface area contributed by atoms with Crippen molar-refractivity contribution in [2.24, 2.45) is 0 Å². The first-order valence-corrected chi connectivity index (χ1v) is 9.89. The minimum atomic E-state index is -0.234. The molecule has 0 aliphatic heterocycles. The summed E-state index contributed by atoms with van der Waals surface area (Å²) in [6, 6.07) is 18.4. The van der Waals surface area contributed by atoms with Gasteiger partial charge < -0.3 is 4.42 Å². The van der Waals surface area contributed by atoms with E-state index < -0.39 is 0 Å². The number of furan rings is 1. The van der Waals surface area contributed by atoms with Crippen LogP contribution in [0.25, 0.3) is 28.3 Å². The molecular formula is C24H24FN3O. The van der Waals surface area contributed by atoms with Gasteiger partial charge in [-0.15, -0.1) is 0 Å². The van der Waals surface area contributed by atoms with E-state index in [-0.39, 0.29) is 5.82 Å². The van der Waals surface area contributed by atoms with E-state index >= 15 is 0 Å². The Bertz CT molecular complexity index is 1060. The van der Waals surface area contributed by atoms with Crippen LogP contribution >= 0.6 is 0 Å². The molecule has 0 unspecified atom stereocenters. The molecule has 4 aromatic rings. The Morgan fingerprint density at radius 1 is 0.966 bits per heavy atom. The number of rotatable bonds is 7. The highest BCUT2D eigenvalue weighted by Crippen LogP contribution is 2.27. The van der Waals surface area contributed by atoms with Gasteiger partial charge in [0.2, 0.25) is 0 Å². The number of hydrogen-bond donors (Lipinski definition) is 0. The molecule has 0 N–H and O–H groups in total. The molecule has 148 valence electrons. The molecule has 0 spiro atoms. The summed E-state index contributed by atoms with van der Waals surface area (Å²) in [7, 11) is 0. The monoisotopic (exact) mass is 389 g/mol. The molecule has 5 heteroatoms. The Hall–Kier alpha value is -3.18. The van der Waals surface area contributed by atoms with Crippen LogP contribution in [-0.2, 0) is 6.54 Å². The zero-order valence-corrected chi connectivity index (χ0v) is 16.7. The summed E-state index contributed by atoms with van der Waals surface area (Å²) >= 11 is 0. The van der Waals surface area contributed by atoms with Gasteiger partial charge in [0, 0.05) is 18.3 Å². The molecule has 0 atom stereocenters. The highest BCUT2D eigenvalue weighted by Gasteiger charge is 2.16. The number of hydrogen-bond acceptors (Lipinski definition) is 3. The van der Waals surface area contributed by atoms with Crippen LogP contribution in [0.5, 0.6) is 0 Å². The van der Waals surface area contributed by atoms with E-state index in [2.05, 4.69) is 24.9 Å². The third-order valence-electron chi connectivity index (χ3n) is 5.12. The molecule has 29 heavy (non-hydrogen) atoms. The van der Waals surface area contributed by atoms with E-state index in [0.717, 1.165) is 53.5 Å². The van der Waals surface area contributed by atoms with Gasteiger partial charge in [0.1, 0.15) is 11.5 Å². The average molecular weight is 389 g/mol. The fourth-order valence-electron chi connectivity index (χ4n) is 3.44. The molecule has 0 aliphatic carbocycles. The normalized spacial score (nSPS) is 11.3. The lowest BCUT2D eigenvalue weighted by Gasteiger charge is -2.17. The van der Waals surface area contributed by atoms with Crippen molar-refractivity contribution in [2.75, 3.05) is 13.1 Å². The van der Waals surface area contributed by atoms with Crippen molar-refractivity contribution in [1.82, 2.24) is 14.7 Å². The predicted molar refractivity (Wildman–Crippen MR) is 113 cm³/mol. The third kappa shape index (κ3) is 4.15. The van der Waals surface area contributed by atoms with Crippen LogP contribution in [0.3, 0.4) is 0 Å². The molecule has 0 radical (unpaired) electrons. The standard InChI is InChI=1S/C24H24FN3O/c1-3-27(4-2)16-20-17-28(26-24(20)23-9-6-14-29-23)22-12-10-18(11-13-22)19-7-5-8-21(25)15-19/h5-15,17H,3-4,16H2,1-2H3. The van der Waals surface area contributed by atoms with Crippen molar-refractivity contribution in [2.45, 2.75) is 20.4 Å². The van der Waals surface area contributed by atoms with Crippen LogP contribution in [0.1, 0.15) is 19.4 Å². The zero-order chi connectivity index (χ0) is 20.2. The average Bonchev–Trinajstić information content (AvgIpc) is 3.42. The Kier molecular flexibility index (Phi) is 5.58. The van der Waals surface area contributed by atoms with E-state index in [9.17, 15) is 4.39 Å². The molecule has 0 amide bonds. The first-order valence-electron chi connectivity index (χ1n) is 9.89. The van der Waals surface area contributed by atoms with Gasteiger partial charge in [-0.1, -0.05) is 38.1 Å². The quantitative estimate of drug-likeness (QED) is 0.402. The molecule has 0 fully saturated rings.